The van der Waals surface area contributed by atoms with Crippen LogP contribution in [0.4, 0.5) is 0 Å². The molecule has 1 heterocycles. The smallest absolute Gasteiger partial charge is 0.251 e. The maximum absolute atomic E-state index is 12.3. The summed E-state index contributed by atoms with van der Waals surface area (Å²) in [4.78, 5) is 12.3. The fourth-order valence-electron chi connectivity index (χ4n) is 2.87. The fourth-order valence-corrected chi connectivity index (χ4v) is 2.87. The Morgan fingerprint density at radius 1 is 1.29 bits per heavy atom. The molecule has 3 rings (SSSR count). The molecule has 1 aromatic carbocycles. The zero-order valence-corrected chi connectivity index (χ0v) is 11.8. The Hall–Kier alpha value is -2.14. The number of rotatable bonds is 4. The van der Waals surface area contributed by atoms with Crippen molar-refractivity contribution in [2.45, 2.75) is 31.2 Å². The van der Waals surface area contributed by atoms with Gasteiger partial charge in [0.2, 0.25) is 0 Å². The van der Waals surface area contributed by atoms with Crippen molar-refractivity contribution in [3.63, 3.8) is 0 Å². The largest absolute Gasteiger partial charge is 0.394 e. The number of carbonyl (C=O) groups excluding carboxylic acids is 1. The molecule has 0 aliphatic heterocycles. The van der Waals surface area contributed by atoms with E-state index in [-0.39, 0.29) is 12.5 Å². The van der Waals surface area contributed by atoms with E-state index < -0.39 is 5.54 Å². The summed E-state index contributed by atoms with van der Waals surface area (Å²) in [7, 11) is 0. The van der Waals surface area contributed by atoms with Crippen molar-refractivity contribution in [1.82, 2.24) is 15.1 Å². The maximum Gasteiger partial charge on any atom is 0.251 e. The van der Waals surface area contributed by atoms with Crippen LogP contribution in [0.25, 0.3) is 5.69 Å². The van der Waals surface area contributed by atoms with Gasteiger partial charge >= 0.3 is 0 Å². The third kappa shape index (κ3) is 2.83. The minimum Gasteiger partial charge on any atom is -0.394 e. The van der Waals surface area contributed by atoms with Crippen molar-refractivity contribution < 1.29 is 9.90 Å². The van der Waals surface area contributed by atoms with E-state index in [2.05, 4.69) is 10.4 Å². The molecule has 1 aromatic heterocycles. The van der Waals surface area contributed by atoms with Crippen LogP contribution in [-0.2, 0) is 0 Å². The molecule has 0 bridgehead atoms. The van der Waals surface area contributed by atoms with Crippen LogP contribution in [-0.4, -0.2) is 32.9 Å². The minimum atomic E-state index is -0.433. The third-order valence-electron chi connectivity index (χ3n) is 4.14. The van der Waals surface area contributed by atoms with Crippen LogP contribution in [0.3, 0.4) is 0 Å². The summed E-state index contributed by atoms with van der Waals surface area (Å²) in [5.41, 5.74) is 1.08. The van der Waals surface area contributed by atoms with Crippen LogP contribution in [0, 0.1) is 0 Å². The molecule has 0 saturated heterocycles. The SMILES string of the molecule is O=C(NC1(CO)CCCC1)c1ccc(-n2cccn2)cc1. The molecule has 5 nitrogen and oxygen atoms in total. The molecule has 0 unspecified atom stereocenters. The number of nitrogens with one attached hydrogen (secondary N) is 1. The highest BCUT2D eigenvalue weighted by Crippen LogP contribution is 2.29. The first-order valence-corrected chi connectivity index (χ1v) is 7.26. The van der Waals surface area contributed by atoms with Crippen molar-refractivity contribution in [3.8, 4) is 5.69 Å². The Morgan fingerprint density at radius 3 is 2.57 bits per heavy atom. The maximum atomic E-state index is 12.3. The van der Waals surface area contributed by atoms with Gasteiger partial charge in [-0.3, -0.25) is 4.79 Å². The van der Waals surface area contributed by atoms with Gasteiger partial charge in [0.05, 0.1) is 17.8 Å². The zero-order chi connectivity index (χ0) is 14.7. The van der Waals surface area contributed by atoms with E-state index >= 15 is 0 Å². The molecule has 21 heavy (non-hydrogen) atoms. The number of hydrogen-bond acceptors (Lipinski definition) is 3. The molecular formula is C16H19N3O2. The summed E-state index contributed by atoms with van der Waals surface area (Å²) in [6.45, 7) is 0.00408. The molecule has 0 atom stereocenters. The van der Waals surface area contributed by atoms with Gasteiger partial charge in [0.1, 0.15) is 0 Å². The summed E-state index contributed by atoms with van der Waals surface area (Å²) in [6.07, 6.45) is 7.37. The van der Waals surface area contributed by atoms with Crippen LogP contribution in [0.5, 0.6) is 0 Å². The van der Waals surface area contributed by atoms with Gasteiger partial charge in [-0.15, -0.1) is 0 Å². The van der Waals surface area contributed by atoms with Crippen molar-refractivity contribution in [1.29, 1.82) is 0 Å². The standard InChI is InChI=1S/C16H19N3O2/c20-12-16(8-1-2-9-16)18-15(21)13-4-6-14(7-5-13)19-11-3-10-17-19/h3-7,10-11,20H,1-2,8-9,12H2,(H,18,21). The monoisotopic (exact) mass is 285 g/mol. The molecule has 2 N–H and O–H groups in total. The Balaban J connectivity index is 1.73. The number of carbonyl (C=O) groups is 1. The van der Waals surface area contributed by atoms with Crippen molar-refractivity contribution >= 4 is 5.91 Å². The predicted molar refractivity (Wildman–Crippen MR) is 79.3 cm³/mol. The number of aliphatic hydroxyl groups is 1. The molecule has 1 amide bonds. The number of nitrogens with zero attached hydrogens (tertiary/aromatic N) is 2. The fraction of sp³-hybridized carbons (Fsp3) is 0.375. The first-order chi connectivity index (χ1) is 10.2. The first kappa shape index (κ1) is 13.8. The van der Waals surface area contributed by atoms with E-state index in [0.29, 0.717) is 5.56 Å². The number of amides is 1. The predicted octanol–water partition coefficient (Wildman–Crippen LogP) is 1.91. The molecular weight excluding hydrogens is 266 g/mol. The number of aromatic nitrogens is 2. The van der Waals surface area contributed by atoms with Gasteiger partial charge in [0, 0.05) is 18.0 Å². The van der Waals surface area contributed by atoms with Gasteiger partial charge in [0.15, 0.2) is 0 Å². The van der Waals surface area contributed by atoms with E-state index in [1.807, 2.05) is 24.4 Å². The Bertz CT molecular complexity index is 599. The molecule has 1 saturated carbocycles. The summed E-state index contributed by atoms with van der Waals surface area (Å²) < 4.78 is 1.74. The van der Waals surface area contributed by atoms with Gasteiger partial charge < -0.3 is 10.4 Å². The number of hydrogen-bond donors (Lipinski definition) is 2. The van der Waals surface area contributed by atoms with E-state index in [4.69, 9.17) is 0 Å². The van der Waals surface area contributed by atoms with E-state index in [1.165, 1.54) is 0 Å². The summed E-state index contributed by atoms with van der Waals surface area (Å²) >= 11 is 0. The molecule has 1 aliphatic carbocycles. The Labute approximate surface area is 123 Å². The minimum absolute atomic E-state index is 0.00408. The topological polar surface area (TPSA) is 67.2 Å². The van der Waals surface area contributed by atoms with Crippen molar-refractivity contribution in [2.75, 3.05) is 6.61 Å². The molecule has 1 fully saturated rings. The lowest BCUT2D eigenvalue weighted by Crippen LogP contribution is -2.49. The average Bonchev–Trinajstić information content (AvgIpc) is 3.19. The van der Waals surface area contributed by atoms with Gasteiger partial charge in [-0.1, -0.05) is 12.8 Å². The van der Waals surface area contributed by atoms with Crippen molar-refractivity contribution in [3.05, 3.63) is 48.3 Å². The second-order valence-electron chi connectivity index (χ2n) is 5.60. The molecule has 5 heteroatoms. The van der Waals surface area contributed by atoms with Crippen LogP contribution in [0.15, 0.2) is 42.7 Å². The van der Waals surface area contributed by atoms with Gasteiger partial charge in [-0.2, -0.15) is 5.10 Å². The highest BCUT2D eigenvalue weighted by Gasteiger charge is 2.34. The lowest BCUT2D eigenvalue weighted by atomic mass is 9.98. The van der Waals surface area contributed by atoms with E-state index in [1.54, 1.807) is 23.0 Å². The lowest BCUT2D eigenvalue weighted by molar-refractivity contribution is 0.0838. The van der Waals surface area contributed by atoms with Gasteiger partial charge in [-0.05, 0) is 43.2 Å². The Kier molecular flexibility index (Phi) is 3.75. The number of aliphatic hydroxyl groups excluding tert-OH is 1. The zero-order valence-electron chi connectivity index (χ0n) is 11.8. The average molecular weight is 285 g/mol. The van der Waals surface area contributed by atoms with E-state index in [0.717, 1.165) is 31.4 Å². The van der Waals surface area contributed by atoms with Crippen molar-refractivity contribution in [2.24, 2.45) is 0 Å². The lowest BCUT2D eigenvalue weighted by Gasteiger charge is -2.28. The summed E-state index contributed by atoms with van der Waals surface area (Å²) in [5.74, 6) is -0.127. The quantitative estimate of drug-likeness (QED) is 0.901. The molecule has 110 valence electrons. The first-order valence-electron chi connectivity index (χ1n) is 7.26. The van der Waals surface area contributed by atoms with Crippen LogP contribution < -0.4 is 5.32 Å². The summed E-state index contributed by atoms with van der Waals surface area (Å²) in [6, 6.07) is 9.15. The molecule has 1 aliphatic rings. The molecule has 0 spiro atoms. The van der Waals surface area contributed by atoms with Crippen LogP contribution >= 0.6 is 0 Å². The van der Waals surface area contributed by atoms with Gasteiger partial charge in [0.25, 0.3) is 5.91 Å². The Morgan fingerprint density at radius 2 is 2.00 bits per heavy atom. The molecule has 0 radical (unpaired) electrons. The normalized spacial score (nSPS) is 16.8. The third-order valence-corrected chi connectivity index (χ3v) is 4.14. The highest BCUT2D eigenvalue weighted by molar-refractivity contribution is 5.94. The van der Waals surface area contributed by atoms with E-state index in [9.17, 15) is 9.90 Å². The highest BCUT2D eigenvalue weighted by atomic mass is 16.3. The second-order valence-corrected chi connectivity index (χ2v) is 5.60. The van der Waals surface area contributed by atoms with Crippen LogP contribution in [0.1, 0.15) is 36.0 Å². The second kappa shape index (κ2) is 5.69. The number of benzene rings is 1. The summed E-state index contributed by atoms with van der Waals surface area (Å²) in [5, 5.41) is 16.7. The van der Waals surface area contributed by atoms with Gasteiger partial charge in [-0.25, -0.2) is 4.68 Å². The van der Waals surface area contributed by atoms with Crippen LogP contribution in [0.2, 0.25) is 0 Å². The molecule has 2 aromatic rings.